The number of hydrogen-bond acceptors (Lipinski definition) is 32. The summed E-state index contributed by atoms with van der Waals surface area (Å²) in [4.78, 5) is 41.8. The summed E-state index contributed by atoms with van der Waals surface area (Å²) in [6.07, 6.45) is 6.26. The normalized spacial score (nSPS) is 10.1. The zero-order valence-corrected chi connectivity index (χ0v) is 74.5. The lowest BCUT2D eigenvalue weighted by Crippen LogP contribution is -2.21. The fourth-order valence-electron chi connectivity index (χ4n) is 11.5. The molecule has 0 amide bonds. The summed E-state index contributed by atoms with van der Waals surface area (Å²) < 4.78 is 0. The molecule has 0 atom stereocenters. The lowest BCUT2D eigenvalue weighted by Gasteiger charge is -2.14. The third-order valence-electron chi connectivity index (χ3n) is 18.5. The summed E-state index contributed by atoms with van der Waals surface area (Å²) in [5.41, 5.74) is 9.85. The van der Waals surface area contributed by atoms with Gasteiger partial charge in [0.05, 0.1) is 0 Å². The molecule has 8 heterocycles. The van der Waals surface area contributed by atoms with Crippen molar-refractivity contribution in [2.24, 2.45) is 0 Å². The Hall–Kier alpha value is -16.3. The van der Waals surface area contributed by atoms with E-state index in [0.717, 1.165) is 95.1 Å². The van der Waals surface area contributed by atoms with Crippen molar-refractivity contribution >= 4 is 107 Å². The van der Waals surface area contributed by atoms with Crippen LogP contribution in [0.15, 0.2) is 243 Å². The van der Waals surface area contributed by atoms with Crippen LogP contribution >= 0.6 is 0 Å². The highest BCUT2D eigenvalue weighted by atomic mass is 15.4. The van der Waals surface area contributed by atoms with Crippen LogP contribution in [0.4, 0.5) is 107 Å². The maximum atomic E-state index is 4.30. The lowest BCUT2D eigenvalue weighted by atomic mass is 10.1. The lowest BCUT2D eigenvalue weighted by molar-refractivity contribution is 0.768. The molecule has 0 aliphatic heterocycles. The molecule has 16 aromatic rings. The maximum Gasteiger partial charge on any atom is 0.250 e. The van der Waals surface area contributed by atoms with Crippen molar-refractivity contribution in [3.8, 4) is 0 Å². The van der Waals surface area contributed by atoms with Crippen molar-refractivity contribution in [3.05, 3.63) is 276 Å². The summed E-state index contributed by atoms with van der Waals surface area (Å²) >= 11 is 0. The second-order valence-corrected chi connectivity index (χ2v) is 27.9. The molecule has 672 valence electrons. The van der Waals surface area contributed by atoms with E-state index in [-0.39, 0.29) is 0 Å². The molecule has 8 aromatic heterocycles. The molecule has 0 spiro atoms. The number of anilines is 18. The van der Waals surface area contributed by atoms with Crippen molar-refractivity contribution in [2.75, 3.05) is 194 Å². The summed E-state index contributed by atoms with van der Waals surface area (Å²) in [6.45, 7) is 5.08. The van der Waals surface area contributed by atoms with Gasteiger partial charge in [0, 0.05) is 135 Å². The van der Waals surface area contributed by atoms with Crippen LogP contribution in [0.2, 0.25) is 0 Å². The van der Waals surface area contributed by atoms with Crippen molar-refractivity contribution in [2.45, 2.75) is 51.6 Å². The van der Waals surface area contributed by atoms with E-state index in [1.165, 1.54) is 33.4 Å². The minimum absolute atomic E-state index is 0.573. The molecule has 20 N–H and O–H groups in total. The third kappa shape index (κ3) is 34.9. The number of aryl methyl sites for hydroxylation is 2. The molecule has 0 saturated carbocycles. The molecule has 0 saturated heterocycles. The van der Waals surface area contributed by atoms with Crippen molar-refractivity contribution in [3.63, 3.8) is 0 Å². The summed E-state index contributed by atoms with van der Waals surface area (Å²) in [6, 6.07) is 81.8. The van der Waals surface area contributed by atoms with Crippen molar-refractivity contribution in [1.82, 2.24) is 121 Å². The number of para-hydroxylation sites is 2. The van der Waals surface area contributed by atoms with Crippen LogP contribution in [0, 0.1) is 0 Å². The van der Waals surface area contributed by atoms with Gasteiger partial charge in [0.15, 0.2) is 0 Å². The minimum atomic E-state index is 0.573. The molecular formula is C88H120N40. The number of likely N-dealkylation sites (N-methyl/N-ethyl adjacent to an activating group) is 1. The van der Waals surface area contributed by atoms with Crippen LogP contribution in [-0.2, 0) is 38.8 Å². The molecule has 16 rings (SSSR count). The predicted octanol–water partition coefficient (Wildman–Crippen LogP) is 13.0. The molecule has 0 radical (unpaired) electrons. The van der Waals surface area contributed by atoms with Gasteiger partial charge in [0.25, 0.3) is 5.95 Å². The summed E-state index contributed by atoms with van der Waals surface area (Å²) in [5, 5.41) is 90.4. The predicted molar refractivity (Wildman–Crippen MR) is 517 cm³/mol. The van der Waals surface area contributed by atoms with Crippen LogP contribution < -0.4 is 83.4 Å². The first kappa shape index (κ1) is 95.5. The van der Waals surface area contributed by atoms with E-state index >= 15 is 0 Å². The molecule has 128 heavy (non-hydrogen) atoms. The molecule has 8 aromatic carbocycles. The monoisotopic (exact) mass is 1740 g/mol. The van der Waals surface area contributed by atoms with Crippen LogP contribution in [0.1, 0.15) is 46.2 Å². The highest BCUT2D eigenvalue weighted by Gasteiger charge is 2.13. The maximum absolute atomic E-state index is 4.30. The molecule has 40 heteroatoms. The van der Waals surface area contributed by atoms with Gasteiger partial charge in [0.1, 0.15) is 0 Å². The summed E-state index contributed by atoms with van der Waals surface area (Å²) in [5.74, 6) is 10.6. The SMILES string of the molecule is CNc1n[nH]c(NCCCc2ccccc2)n1.CNc1n[nH]c(NCCc2ccccc2)n1.CNc1n[nH]c(NCc2ccccc2)n1.CNc1n[nH]c(Nc2ccccc2)n1.CNc1nc(N(C)CCCc2ccccc2)n[nH]1.CNc1nc(N(C)CCc2ccccc2)n[nH]1.CNc1nc(N(C)Cc2ccccc2)n[nH]1.CNc1nc(N(C)c2ccccc2)n[nH]1. The van der Waals surface area contributed by atoms with E-state index in [4.69, 9.17) is 0 Å². The second kappa shape index (κ2) is 54.9. The minimum Gasteiger partial charge on any atom is -0.358 e. The van der Waals surface area contributed by atoms with Crippen molar-refractivity contribution in [1.29, 1.82) is 0 Å². The Kier molecular flexibility index (Phi) is 41.0. The van der Waals surface area contributed by atoms with Crippen LogP contribution in [0.3, 0.4) is 0 Å². The van der Waals surface area contributed by atoms with Gasteiger partial charge in [-0.2, -0.15) is 39.9 Å². The van der Waals surface area contributed by atoms with Crippen LogP contribution in [0.25, 0.3) is 0 Å². The van der Waals surface area contributed by atoms with E-state index < -0.39 is 0 Å². The number of nitrogens with one attached hydrogen (secondary N) is 20. The van der Waals surface area contributed by atoms with Gasteiger partial charge < -0.3 is 83.4 Å². The number of rotatable bonds is 36. The Labute approximate surface area is 746 Å². The first-order valence-corrected chi connectivity index (χ1v) is 41.7. The number of H-pyrrole nitrogens is 8. The summed E-state index contributed by atoms with van der Waals surface area (Å²) in [7, 11) is 22.3. The highest BCUT2D eigenvalue weighted by molar-refractivity contribution is 5.57. The van der Waals surface area contributed by atoms with E-state index in [0.29, 0.717) is 89.2 Å². The Morgan fingerprint density at radius 3 is 0.969 bits per heavy atom. The molecule has 0 aliphatic carbocycles. The topological polar surface area (TPSA) is 490 Å². The van der Waals surface area contributed by atoms with Gasteiger partial charge in [0.2, 0.25) is 89.2 Å². The molecular weight excluding hydrogens is 1620 g/mol. The van der Waals surface area contributed by atoms with E-state index in [9.17, 15) is 0 Å². The Balaban J connectivity index is 0.000000165. The fourth-order valence-corrected chi connectivity index (χ4v) is 11.5. The molecule has 40 nitrogen and oxygen atoms in total. The standard InChI is InChI=1S/C13H19N5.2C12H17N5.2C11H15N5.2C10H13N5.C9H11N5/c1-14-12-15-13(17-16-12)18(2)10-6-9-11-7-4-3-5-8-11;1-13-11-14-12(16-15-11)17(2)9-8-10-6-4-3-5-7-10;1-13-11-15-12(17-16-11)14-9-5-8-10-6-3-2-4-7-10;1-12-10-13-11(15-14-10)16(2)8-9-6-4-3-5-7-9;1-12-10-14-11(16-15-10)13-8-7-9-5-3-2-4-6-9;1-11-9-12-10(14-13-9)15(2)8-6-4-3-5-7-8;1-11-9-13-10(15-14-9)12-7-8-5-3-2-4-6-8;1-10-8-12-9(14-13-8)11-7-5-3-2-4-6-7/h3-5,7-8H,6,9-10H2,1-2H3,(H2,14,15,16,17);3-7H,8-9H2,1-2H3,(H2,13,14,15,16);2-4,6-7H,5,8-9H2,1H3,(H3,13,14,15,16,17);3-7H,8H2,1-2H3,(H2,12,13,14,15);2-6H,7-8H2,1H3,(H3,12,13,14,15,16);3-7H,1-2H3,(H2,11,12,13,14);2-6H,7H2,1H3,(H3,11,12,13,14,15);2-6H,1H3,(H3,10,11,12,13,14). The third-order valence-corrected chi connectivity index (χ3v) is 18.5. The van der Waals surface area contributed by atoms with Crippen molar-refractivity contribution < 1.29 is 0 Å². The van der Waals surface area contributed by atoms with Gasteiger partial charge in [-0.1, -0.05) is 218 Å². The van der Waals surface area contributed by atoms with Gasteiger partial charge >= 0.3 is 0 Å². The Morgan fingerprint density at radius 2 is 0.562 bits per heavy atom. The average Bonchev–Trinajstić information content (AvgIpc) is 1.73. The zero-order valence-electron chi connectivity index (χ0n) is 74.5. The zero-order chi connectivity index (χ0) is 90.4. The Morgan fingerprint density at radius 1 is 0.250 bits per heavy atom. The number of aromatic amines is 8. The average molecular weight is 1740 g/mol. The van der Waals surface area contributed by atoms with Crippen LogP contribution in [0.5, 0.6) is 0 Å². The first-order chi connectivity index (χ1) is 62.7. The van der Waals surface area contributed by atoms with E-state index in [2.05, 4.69) is 299 Å². The largest absolute Gasteiger partial charge is 0.358 e. The molecule has 0 unspecified atom stereocenters. The van der Waals surface area contributed by atoms with Gasteiger partial charge in [-0.3, -0.25) is 0 Å². The Bertz CT molecular complexity index is 5470. The quantitative estimate of drug-likeness (QED) is 0.0162. The number of hydrogen-bond donors (Lipinski definition) is 20. The van der Waals surface area contributed by atoms with Gasteiger partial charge in [-0.15, -0.1) is 40.8 Å². The molecule has 0 bridgehead atoms. The van der Waals surface area contributed by atoms with Crippen LogP contribution in [-0.4, -0.2) is 232 Å². The first-order valence-electron chi connectivity index (χ1n) is 41.7. The van der Waals surface area contributed by atoms with Gasteiger partial charge in [-0.25, -0.2) is 40.8 Å². The smallest absolute Gasteiger partial charge is 0.250 e. The van der Waals surface area contributed by atoms with Gasteiger partial charge in [-0.05, 0) is 96.2 Å². The molecule has 0 fully saturated rings. The number of benzene rings is 8. The number of nitrogens with zero attached hydrogens (tertiary/aromatic N) is 20. The fraction of sp³-hybridized carbons (Fsp3) is 0.273. The van der Waals surface area contributed by atoms with E-state index in [1.807, 2.05) is 197 Å². The second-order valence-electron chi connectivity index (χ2n) is 27.9. The highest BCUT2D eigenvalue weighted by Crippen LogP contribution is 2.21. The van der Waals surface area contributed by atoms with E-state index in [1.54, 1.807) is 35.2 Å². The molecule has 0 aliphatic rings. The number of aromatic nitrogens is 24.